The van der Waals surface area contributed by atoms with Crippen LogP contribution in [0, 0.1) is 0 Å². The van der Waals surface area contributed by atoms with Crippen molar-refractivity contribution in [1.82, 2.24) is 10.3 Å². The van der Waals surface area contributed by atoms with Crippen LogP contribution in [0.15, 0.2) is 54.7 Å². The van der Waals surface area contributed by atoms with Crippen LogP contribution in [0.2, 0.25) is 10.0 Å². The fourth-order valence-electron chi connectivity index (χ4n) is 2.27. The molecule has 0 atom stereocenters. The Bertz CT molecular complexity index is 884. The maximum absolute atomic E-state index is 12.0. The van der Waals surface area contributed by atoms with Crippen LogP contribution in [-0.2, 0) is 11.3 Å². The molecule has 0 aliphatic rings. The number of hydrogen-bond donors (Lipinski definition) is 1. The van der Waals surface area contributed by atoms with Crippen LogP contribution < -0.4 is 10.1 Å². The zero-order chi connectivity index (χ0) is 16.9. The summed E-state index contributed by atoms with van der Waals surface area (Å²) in [6.07, 6.45) is 1.66. The summed E-state index contributed by atoms with van der Waals surface area (Å²) in [6.45, 7) is 0.288. The first-order valence-electron chi connectivity index (χ1n) is 7.30. The number of carbonyl (C=O) groups is 1. The highest BCUT2D eigenvalue weighted by molar-refractivity contribution is 6.35. The van der Waals surface area contributed by atoms with E-state index in [0.29, 0.717) is 27.9 Å². The fourth-order valence-corrected chi connectivity index (χ4v) is 2.70. The number of nitrogens with one attached hydrogen (secondary N) is 1. The van der Waals surface area contributed by atoms with Crippen molar-refractivity contribution < 1.29 is 9.53 Å². The Labute approximate surface area is 149 Å². The summed E-state index contributed by atoms with van der Waals surface area (Å²) in [5.41, 5.74) is 1.56. The van der Waals surface area contributed by atoms with Gasteiger partial charge in [0.25, 0.3) is 5.91 Å². The van der Waals surface area contributed by atoms with Gasteiger partial charge in [-0.1, -0.05) is 35.3 Å². The van der Waals surface area contributed by atoms with E-state index in [1.807, 2.05) is 18.2 Å². The summed E-state index contributed by atoms with van der Waals surface area (Å²) in [4.78, 5) is 16.2. The molecule has 3 aromatic rings. The van der Waals surface area contributed by atoms with Crippen LogP contribution in [0.3, 0.4) is 0 Å². The van der Waals surface area contributed by atoms with E-state index in [0.717, 1.165) is 10.9 Å². The van der Waals surface area contributed by atoms with Crippen molar-refractivity contribution in [2.45, 2.75) is 6.54 Å². The predicted molar refractivity (Wildman–Crippen MR) is 95.5 cm³/mol. The smallest absolute Gasteiger partial charge is 0.258 e. The standard InChI is InChI=1S/C18H14Cl2N2O2/c19-13-4-1-3-12(9-13)10-22-17(23)11-24-16-7-6-15(20)14-5-2-8-21-18(14)16/h1-9H,10-11H2,(H,22,23). The van der Waals surface area contributed by atoms with Crippen LogP contribution in [0.5, 0.6) is 5.75 Å². The van der Waals surface area contributed by atoms with Gasteiger partial charge in [-0.25, -0.2) is 0 Å². The molecule has 6 heteroatoms. The molecular formula is C18H14Cl2N2O2. The number of carbonyl (C=O) groups excluding carboxylic acids is 1. The number of aromatic nitrogens is 1. The zero-order valence-corrected chi connectivity index (χ0v) is 14.1. The molecule has 1 N–H and O–H groups in total. The van der Waals surface area contributed by atoms with Gasteiger partial charge >= 0.3 is 0 Å². The molecule has 0 saturated carbocycles. The Hall–Kier alpha value is -2.30. The first-order chi connectivity index (χ1) is 11.6. The molecule has 0 aliphatic heterocycles. The van der Waals surface area contributed by atoms with Gasteiger partial charge in [0, 0.05) is 23.2 Å². The van der Waals surface area contributed by atoms with Gasteiger partial charge in [-0.3, -0.25) is 9.78 Å². The Kier molecular flexibility index (Phi) is 5.18. The largest absolute Gasteiger partial charge is 0.481 e. The number of ether oxygens (including phenoxy) is 1. The van der Waals surface area contributed by atoms with Crippen LogP contribution in [0.25, 0.3) is 10.9 Å². The third-order valence-corrected chi connectivity index (χ3v) is 3.98. The zero-order valence-electron chi connectivity index (χ0n) is 12.6. The van der Waals surface area contributed by atoms with Gasteiger partial charge in [-0.2, -0.15) is 0 Å². The van der Waals surface area contributed by atoms with Gasteiger partial charge in [-0.05, 0) is 42.0 Å². The second kappa shape index (κ2) is 7.51. The summed E-state index contributed by atoms with van der Waals surface area (Å²) in [5.74, 6) is 0.293. The average molecular weight is 361 g/mol. The molecule has 1 aromatic heterocycles. The van der Waals surface area contributed by atoms with Crippen molar-refractivity contribution in [2.75, 3.05) is 6.61 Å². The molecule has 0 radical (unpaired) electrons. The summed E-state index contributed by atoms with van der Waals surface area (Å²) in [5, 5.41) is 4.80. The van der Waals surface area contributed by atoms with E-state index in [-0.39, 0.29) is 12.5 Å². The van der Waals surface area contributed by atoms with Crippen molar-refractivity contribution in [3.63, 3.8) is 0 Å². The van der Waals surface area contributed by atoms with Gasteiger partial charge in [-0.15, -0.1) is 0 Å². The normalized spacial score (nSPS) is 10.6. The molecule has 24 heavy (non-hydrogen) atoms. The monoisotopic (exact) mass is 360 g/mol. The predicted octanol–water partition coefficient (Wildman–Crippen LogP) is 4.24. The first-order valence-corrected chi connectivity index (χ1v) is 8.06. The Morgan fingerprint density at radius 3 is 2.83 bits per heavy atom. The van der Waals surface area contributed by atoms with Gasteiger partial charge in [0.05, 0.1) is 5.02 Å². The van der Waals surface area contributed by atoms with Crippen LogP contribution in [-0.4, -0.2) is 17.5 Å². The van der Waals surface area contributed by atoms with E-state index < -0.39 is 0 Å². The molecule has 0 bridgehead atoms. The SMILES string of the molecule is O=C(COc1ccc(Cl)c2cccnc12)NCc1cccc(Cl)c1. The van der Waals surface area contributed by atoms with Gasteiger partial charge in [0.2, 0.25) is 0 Å². The molecule has 1 amide bonds. The third-order valence-electron chi connectivity index (χ3n) is 3.42. The van der Waals surface area contributed by atoms with E-state index in [1.54, 1.807) is 36.5 Å². The van der Waals surface area contributed by atoms with Crippen molar-refractivity contribution in [2.24, 2.45) is 0 Å². The molecule has 3 rings (SSSR count). The maximum Gasteiger partial charge on any atom is 0.258 e. The number of pyridine rings is 1. The lowest BCUT2D eigenvalue weighted by Crippen LogP contribution is -2.28. The van der Waals surface area contributed by atoms with E-state index >= 15 is 0 Å². The van der Waals surface area contributed by atoms with E-state index in [9.17, 15) is 4.79 Å². The minimum absolute atomic E-state index is 0.103. The maximum atomic E-state index is 12.0. The molecular weight excluding hydrogens is 347 g/mol. The van der Waals surface area contributed by atoms with Crippen molar-refractivity contribution >= 4 is 40.0 Å². The fraction of sp³-hybridized carbons (Fsp3) is 0.111. The molecule has 2 aromatic carbocycles. The van der Waals surface area contributed by atoms with Crippen LogP contribution in [0.4, 0.5) is 0 Å². The highest BCUT2D eigenvalue weighted by Gasteiger charge is 2.09. The Morgan fingerprint density at radius 1 is 1.12 bits per heavy atom. The van der Waals surface area contributed by atoms with Gasteiger partial charge in [0.1, 0.15) is 11.3 Å². The molecule has 0 aliphatic carbocycles. The number of rotatable bonds is 5. The van der Waals surface area contributed by atoms with E-state index in [1.165, 1.54) is 0 Å². The number of fused-ring (bicyclic) bond motifs is 1. The minimum Gasteiger partial charge on any atom is -0.481 e. The lowest BCUT2D eigenvalue weighted by molar-refractivity contribution is -0.123. The molecule has 0 spiro atoms. The van der Waals surface area contributed by atoms with Crippen molar-refractivity contribution in [1.29, 1.82) is 0 Å². The second-order valence-electron chi connectivity index (χ2n) is 5.14. The third kappa shape index (κ3) is 3.96. The molecule has 4 nitrogen and oxygen atoms in total. The number of hydrogen-bond acceptors (Lipinski definition) is 3. The molecule has 122 valence electrons. The summed E-state index contributed by atoms with van der Waals surface area (Å²) >= 11 is 12.1. The molecule has 1 heterocycles. The highest BCUT2D eigenvalue weighted by atomic mass is 35.5. The van der Waals surface area contributed by atoms with E-state index in [2.05, 4.69) is 10.3 Å². The lowest BCUT2D eigenvalue weighted by atomic mass is 10.2. The Balaban J connectivity index is 1.61. The van der Waals surface area contributed by atoms with Crippen LogP contribution in [0.1, 0.15) is 5.56 Å². The number of halogens is 2. The van der Waals surface area contributed by atoms with Gasteiger partial charge < -0.3 is 10.1 Å². The number of benzene rings is 2. The highest BCUT2D eigenvalue weighted by Crippen LogP contribution is 2.29. The average Bonchev–Trinajstić information content (AvgIpc) is 2.60. The van der Waals surface area contributed by atoms with Crippen molar-refractivity contribution in [3.8, 4) is 5.75 Å². The number of amides is 1. The topological polar surface area (TPSA) is 51.2 Å². The minimum atomic E-state index is -0.228. The lowest BCUT2D eigenvalue weighted by Gasteiger charge is -2.10. The quantitative estimate of drug-likeness (QED) is 0.740. The first kappa shape index (κ1) is 16.6. The Morgan fingerprint density at radius 2 is 2.00 bits per heavy atom. The van der Waals surface area contributed by atoms with Crippen molar-refractivity contribution in [3.05, 3.63) is 70.3 Å². The summed E-state index contributed by atoms with van der Waals surface area (Å²) in [6, 6.07) is 14.4. The van der Waals surface area contributed by atoms with Gasteiger partial charge in [0.15, 0.2) is 6.61 Å². The van der Waals surface area contributed by atoms with E-state index in [4.69, 9.17) is 27.9 Å². The molecule has 0 fully saturated rings. The number of nitrogens with zero attached hydrogens (tertiary/aromatic N) is 1. The summed E-state index contributed by atoms with van der Waals surface area (Å²) in [7, 11) is 0. The van der Waals surface area contributed by atoms with Crippen LogP contribution >= 0.6 is 23.2 Å². The summed E-state index contributed by atoms with van der Waals surface area (Å²) < 4.78 is 5.59. The second-order valence-corrected chi connectivity index (χ2v) is 5.98. The molecule has 0 saturated heterocycles. The molecule has 0 unspecified atom stereocenters.